The van der Waals surface area contributed by atoms with Crippen LogP contribution in [0.2, 0.25) is 0 Å². The zero-order chi connectivity index (χ0) is 9.54. The summed E-state index contributed by atoms with van der Waals surface area (Å²) in [6, 6.07) is 9.44. The van der Waals surface area contributed by atoms with Crippen molar-refractivity contribution in [1.82, 2.24) is 4.57 Å². The maximum Gasteiger partial charge on any atom is 0.190 e. The number of fused-ring (bicyclic) bond motifs is 3. The fourth-order valence-electron chi connectivity index (χ4n) is 1.97. The van der Waals surface area contributed by atoms with E-state index in [1.54, 1.807) is 6.07 Å². The van der Waals surface area contributed by atoms with E-state index in [9.17, 15) is 4.79 Å². The quantitative estimate of drug-likeness (QED) is 0.612. The summed E-state index contributed by atoms with van der Waals surface area (Å²) in [4.78, 5) is 11.7. The van der Waals surface area contributed by atoms with E-state index >= 15 is 0 Å². The lowest BCUT2D eigenvalue weighted by Crippen LogP contribution is -2.08. The van der Waals surface area contributed by atoms with Crippen LogP contribution >= 0.6 is 0 Å². The molecule has 1 aliphatic heterocycles. The average molecular weight is 183 g/mol. The van der Waals surface area contributed by atoms with Gasteiger partial charge in [0.25, 0.3) is 0 Å². The fourth-order valence-corrected chi connectivity index (χ4v) is 1.97. The number of pyridine rings is 1. The van der Waals surface area contributed by atoms with Gasteiger partial charge in [0, 0.05) is 23.7 Å². The van der Waals surface area contributed by atoms with Crippen molar-refractivity contribution in [2.45, 2.75) is 6.54 Å². The first-order valence-electron chi connectivity index (χ1n) is 4.65. The minimum atomic E-state index is 0.110. The van der Waals surface area contributed by atoms with E-state index in [1.807, 2.05) is 30.3 Å². The number of hydrogen-bond donors (Lipinski definition) is 0. The first-order valence-corrected chi connectivity index (χ1v) is 4.65. The number of nitrogens with zero attached hydrogens (tertiary/aromatic N) is 1. The summed E-state index contributed by atoms with van der Waals surface area (Å²) >= 11 is 0. The second-order valence-electron chi connectivity index (χ2n) is 3.46. The molecule has 0 amide bonds. The van der Waals surface area contributed by atoms with Crippen LogP contribution in [0.5, 0.6) is 0 Å². The highest BCUT2D eigenvalue weighted by molar-refractivity contribution is 5.81. The third-order valence-electron chi connectivity index (χ3n) is 2.63. The number of hydrogen-bond acceptors (Lipinski definition) is 1. The summed E-state index contributed by atoms with van der Waals surface area (Å²) in [6.45, 7) is 0.871. The molecule has 2 heteroatoms. The molecule has 0 aliphatic carbocycles. The number of para-hydroxylation sites is 1. The predicted molar refractivity (Wildman–Crippen MR) is 57.2 cm³/mol. The van der Waals surface area contributed by atoms with E-state index in [-0.39, 0.29) is 5.43 Å². The molecule has 1 aromatic carbocycles. The van der Waals surface area contributed by atoms with Gasteiger partial charge in [-0.25, -0.2) is 0 Å². The lowest BCUT2D eigenvalue weighted by molar-refractivity contribution is 0.869. The van der Waals surface area contributed by atoms with Crippen molar-refractivity contribution in [3.63, 3.8) is 0 Å². The van der Waals surface area contributed by atoms with Crippen molar-refractivity contribution in [1.29, 1.82) is 0 Å². The van der Waals surface area contributed by atoms with Crippen LogP contribution in [0.1, 0.15) is 5.69 Å². The number of allylic oxidation sites excluding steroid dienone is 1. The number of benzene rings is 1. The van der Waals surface area contributed by atoms with Gasteiger partial charge in [-0.3, -0.25) is 4.79 Å². The second kappa shape index (κ2) is 2.58. The van der Waals surface area contributed by atoms with E-state index in [1.165, 1.54) is 0 Å². The molecule has 3 rings (SSSR count). The third-order valence-corrected chi connectivity index (χ3v) is 2.63. The molecule has 0 atom stereocenters. The van der Waals surface area contributed by atoms with Crippen LogP contribution in [0, 0.1) is 0 Å². The Balaban J connectivity index is 2.57. The maximum atomic E-state index is 11.7. The van der Waals surface area contributed by atoms with Gasteiger partial charge in [0.2, 0.25) is 0 Å². The Morgan fingerprint density at radius 1 is 1.21 bits per heavy atom. The Morgan fingerprint density at radius 3 is 3.00 bits per heavy atom. The van der Waals surface area contributed by atoms with Crippen LogP contribution in [0.4, 0.5) is 0 Å². The largest absolute Gasteiger partial charge is 0.337 e. The van der Waals surface area contributed by atoms with Crippen molar-refractivity contribution >= 4 is 17.0 Å². The monoisotopic (exact) mass is 183 g/mol. The maximum absolute atomic E-state index is 11.7. The third kappa shape index (κ3) is 0.880. The lowest BCUT2D eigenvalue weighted by Gasteiger charge is -2.07. The van der Waals surface area contributed by atoms with Gasteiger partial charge in [-0.2, -0.15) is 0 Å². The summed E-state index contributed by atoms with van der Waals surface area (Å²) in [6.07, 6.45) is 4.06. The summed E-state index contributed by atoms with van der Waals surface area (Å²) in [5, 5.41) is 0.806. The van der Waals surface area contributed by atoms with Crippen LogP contribution in [0.15, 0.2) is 41.2 Å². The van der Waals surface area contributed by atoms with Crippen molar-refractivity contribution < 1.29 is 0 Å². The SMILES string of the molecule is O=c1cc2n(c3ccccc13)CC=C2. The molecule has 0 spiro atoms. The molecule has 1 aliphatic rings. The van der Waals surface area contributed by atoms with Gasteiger partial charge in [0.15, 0.2) is 5.43 Å². The van der Waals surface area contributed by atoms with Gasteiger partial charge in [0.1, 0.15) is 0 Å². The average Bonchev–Trinajstić information content (AvgIpc) is 2.66. The fraction of sp³-hybridized carbons (Fsp3) is 0.0833. The number of aromatic nitrogens is 1. The topological polar surface area (TPSA) is 22.0 Å². The molecule has 0 bridgehead atoms. The molecule has 0 radical (unpaired) electrons. The van der Waals surface area contributed by atoms with Gasteiger partial charge in [-0.1, -0.05) is 18.2 Å². The zero-order valence-corrected chi connectivity index (χ0v) is 7.60. The minimum absolute atomic E-state index is 0.110. The standard InChI is InChI=1S/C12H9NO/c14-12-8-9-4-3-7-13(9)11-6-2-1-5-10(11)12/h1-6,8H,7H2. The Hall–Kier alpha value is -1.83. The molecule has 14 heavy (non-hydrogen) atoms. The molecule has 0 unspecified atom stereocenters. The van der Waals surface area contributed by atoms with Crippen molar-refractivity contribution in [2.24, 2.45) is 0 Å². The first-order chi connectivity index (χ1) is 6.86. The molecule has 0 N–H and O–H groups in total. The molecule has 2 aromatic rings. The minimum Gasteiger partial charge on any atom is -0.337 e. The molecule has 0 saturated carbocycles. The molecule has 0 saturated heterocycles. The van der Waals surface area contributed by atoms with E-state index in [4.69, 9.17) is 0 Å². The highest BCUT2D eigenvalue weighted by Crippen LogP contribution is 2.17. The number of rotatable bonds is 0. The van der Waals surface area contributed by atoms with Gasteiger partial charge < -0.3 is 4.57 Å². The lowest BCUT2D eigenvalue weighted by atomic mass is 10.2. The highest BCUT2D eigenvalue weighted by atomic mass is 16.1. The Kier molecular flexibility index (Phi) is 1.39. The molecular formula is C12H9NO. The van der Waals surface area contributed by atoms with E-state index < -0.39 is 0 Å². The molecule has 68 valence electrons. The van der Waals surface area contributed by atoms with Gasteiger partial charge in [-0.05, 0) is 18.2 Å². The van der Waals surface area contributed by atoms with Crippen LogP contribution < -0.4 is 5.43 Å². The predicted octanol–water partition coefficient (Wildman–Crippen LogP) is 2.03. The zero-order valence-electron chi connectivity index (χ0n) is 7.60. The normalized spacial score (nSPS) is 13.4. The van der Waals surface area contributed by atoms with Crippen LogP contribution in [-0.4, -0.2) is 4.57 Å². The van der Waals surface area contributed by atoms with Gasteiger partial charge in [0.05, 0.1) is 5.52 Å². The molecule has 1 aromatic heterocycles. The Labute approximate surface area is 81.1 Å². The summed E-state index contributed by atoms with van der Waals surface area (Å²) in [5.74, 6) is 0. The highest BCUT2D eigenvalue weighted by Gasteiger charge is 2.08. The van der Waals surface area contributed by atoms with Crippen molar-refractivity contribution in [3.05, 3.63) is 52.3 Å². The first kappa shape index (κ1) is 7.56. The van der Waals surface area contributed by atoms with Crippen LogP contribution in [0.3, 0.4) is 0 Å². The van der Waals surface area contributed by atoms with E-state index in [0.717, 1.165) is 23.1 Å². The van der Waals surface area contributed by atoms with Crippen molar-refractivity contribution in [3.8, 4) is 0 Å². The van der Waals surface area contributed by atoms with Crippen LogP contribution in [-0.2, 0) is 6.54 Å². The van der Waals surface area contributed by atoms with Crippen molar-refractivity contribution in [2.75, 3.05) is 0 Å². The second-order valence-corrected chi connectivity index (χ2v) is 3.46. The molecule has 2 nitrogen and oxygen atoms in total. The van der Waals surface area contributed by atoms with E-state index in [0.29, 0.717) is 0 Å². The molecule has 2 heterocycles. The van der Waals surface area contributed by atoms with Gasteiger partial charge in [-0.15, -0.1) is 0 Å². The van der Waals surface area contributed by atoms with E-state index in [2.05, 4.69) is 10.6 Å². The molecular weight excluding hydrogens is 174 g/mol. The summed E-state index contributed by atoms with van der Waals surface area (Å²) in [7, 11) is 0. The summed E-state index contributed by atoms with van der Waals surface area (Å²) in [5.41, 5.74) is 2.15. The Morgan fingerprint density at radius 2 is 2.07 bits per heavy atom. The van der Waals surface area contributed by atoms with Crippen LogP contribution in [0.25, 0.3) is 17.0 Å². The summed E-state index contributed by atoms with van der Waals surface area (Å²) < 4.78 is 2.15. The molecule has 0 fully saturated rings. The smallest absolute Gasteiger partial charge is 0.190 e. The van der Waals surface area contributed by atoms with Gasteiger partial charge >= 0.3 is 0 Å². The Bertz CT molecular complexity index is 593.